The van der Waals surface area contributed by atoms with Crippen LogP contribution in [0.5, 0.6) is 0 Å². The summed E-state index contributed by atoms with van der Waals surface area (Å²) >= 11 is 0. The van der Waals surface area contributed by atoms with Crippen LogP contribution in [-0.4, -0.2) is 45.9 Å². The minimum Gasteiger partial charge on any atom is -0.458 e. The number of rotatable bonds is 12. The molecule has 0 amide bonds. The zero-order valence-electron chi connectivity index (χ0n) is 22.0. The maximum absolute atomic E-state index is 13.8. The van der Waals surface area contributed by atoms with Crippen LogP contribution in [0.1, 0.15) is 43.2 Å². The summed E-state index contributed by atoms with van der Waals surface area (Å²) in [5, 5.41) is 0. The molecule has 12 nitrogen and oxygen atoms in total. The van der Waals surface area contributed by atoms with Gasteiger partial charge in [-0.1, -0.05) is 49.1 Å². The number of aromatic amines is 1. The molecule has 0 bridgehead atoms. The molecule has 1 unspecified atom stereocenters. The van der Waals surface area contributed by atoms with Gasteiger partial charge >= 0.3 is 7.60 Å². The van der Waals surface area contributed by atoms with Crippen LogP contribution in [0.4, 0.5) is 5.95 Å². The summed E-state index contributed by atoms with van der Waals surface area (Å²) in [7, 11) is -3.69. The second-order valence-corrected chi connectivity index (χ2v) is 11.8. The molecule has 1 aliphatic heterocycles. The smallest absolute Gasteiger partial charge is 0.356 e. The van der Waals surface area contributed by atoms with Crippen molar-refractivity contribution in [3.8, 4) is 0 Å². The summed E-state index contributed by atoms with van der Waals surface area (Å²) in [4.78, 5) is 22.7. The molecular weight excluding hydrogens is 525 g/mol. The first-order chi connectivity index (χ1) is 18.9. The standard InChI is InChI=1S/C26H34N5O7P/c1-18-7-9-19(10-8-18)13-37-39(33,38-14-21-23(36-16-35-21)20-5-3-2-4-6-20)17-34-12-11-31-15-28-22-24(31)29-26(27)30-25(22)32/h7-10,15,20H,2-6,11-14,16-17H2,1H3,(H3,27,29,30,32). The third-order valence-corrected chi connectivity index (χ3v) is 8.40. The van der Waals surface area contributed by atoms with Crippen molar-refractivity contribution >= 4 is 24.7 Å². The molecule has 3 heterocycles. The molecule has 0 spiro atoms. The number of nitrogens with two attached hydrogens (primary N) is 1. The van der Waals surface area contributed by atoms with Crippen LogP contribution in [0.3, 0.4) is 0 Å². The van der Waals surface area contributed by atoms with Gasteiger partial charge in [0.05, 0.1) is 19.5 Å². The van der Waals surface area contributed by atoms with E-state index in [-0.39, 0.29) is 44.4 Å². The first-order valence-corrected chi connectivity index (χ1v) is 14.8. The molecule has 210 valence electrons. The van der Waals surface area contributed by atoms with E-state index < -0.39 is 13.2 Å². The van der Waals surface area contributed by atoms with E-state index in [4.69, 9.17) is 29.0 Å². The fourth-order valence-electron chi connectivity index (χ4n) is 4.74. The van der Waals surface area contributed by atoms with Gasteiger partial charge in [-0.25, -0.2) is 4.98 Å². The highest BCUT2D eigenvalue weighted by Gasteiger charge is 2.31. The third kappa shape index (κ3) is 6.88. The first kappa shape index (κ1) is 27.4. The number of nitrogen functional groups attached to an aromatic ring is 1. The highest BCUT2D eigenvalue weighted by Crippen LogP contribution is 2.50. The zero-order chi connectivity index (χ0) is 27.2. The molecular formula is C26H34N5O7P. The van der Waals surface area contributed by atoms with Gasteiger partial charge in [0.25, 0.3) is 5.56 Å². The Balaban J connectivity index is 1.23. The van der Waals surface area contributed by atoms with Crippen LogP contribution < -0.4 is 11.3 Å². The maximum atomic E-state index is 13.8. The second kappa shape index (κ2) is 12.3. The van der Waals surface area contributed by atoms with Gasteiger partial charge in [-0.15, -0.1) is 0 Å². The Morgan fingerprint density at radius 1 is 1.13 bits per heavy atom. The molecule has 1 atom stereocenters. The molecule has 1 saturated carbocycles. The second-order valence-electron chi connectivity index (χ2n) is 9.77. The highest BCUT2D eigenvalue weighted by atomic mass is 31.2. The SMILES string of the molecule is Cc1ccc(COP(=O)(COCCn2cnc3c(=O)[nH]c(N)nc32)OCC2=C(C3CCCCC3)OCO2)cc1. The molecule has 0 radical (unpaired) electrons. The lowest BCUT2D eigenvalue weighted by Gasteiger charge is -2.22. The molecule has 3 N–H and O–H groups in total. The summed E-state index contributed by atoms with van der Waals surface area (Å²) in [5.74, 6) is 1.66. The molecule has 2 aliphatic rings. The number of nitrogens with one attached hydrogen (secondary N) is 1. The largest absolute Gasteiger partial charge is 0.458 e. The van der Waals surface area contributed by atoms with Gasteiger partial charge in [0.2, 0.25) is 12.7 Å². The summed E-state index contributed by atoms with van der Waals surface area (Å²) in [6.45, 7) is 2.66. The van der Waals surface area contributed by atoms with Gasteiger partial charge in [-0.2, -0.15) is 4.98 Å². The number of aryl methyl sites for hydroxylation is 1. The number of H-pyrrole nitrogens is 1. The maximum Gasteiger partial charge on any atom is 0.356 e. The van der Waals surface area contributed by atoms with E-state index in [1.165, 1.54) is 12.7 Å². The Bertz CT molecular complexity index is 1410. The Labute approximate surface area is 226 Å². The number of hydrogen-bond donors (Lipinski definition) is 2. The first-order valence-electron chi connectivity index (χ1n) is 13.1. The van der Waals surface area contributed by atoms with Crippen molar-refractivity contribution in [1.29, 1.82) is 0 Å². The Hall–Kier alpha value is -3.18. The van der Waals surface area contributed by atoms with E-state index >= 15 is 0 Å². The van der Waals surface area contributed by atoms with Crippen molar-refractivity contribution in [3.63, 3.8) is 0 Å². The van der Waals surface area contributed by atoms with Crippen molar-refractivity contribution in [2.24, 2.45) is 5.92 Å². The van der Waals surface area contributed by atoms with Gasteiger partial charge in [-0.05, 0) is 25.3 Å². The lowest BCUT2D eigenvalue weighted by atomic mass is 9.87. The molecule has 1 aromatic carbocycles. The van der Waals surface area contributed by atoms with Gasteiger partial charge in [0.1, 0.15) is 18.7 Å². The summed E-state index contributed by atoms with van der Waals surface area (Å²) < 4.78 is 44.3. The fourth-order valence-corrected chi connectivity index (χ4v) is 5.97. The highest BCUT2D eigenvalue weighted by molar-refractivity contribution is 7.53. The number of anilines is 1. The number of allylic oxidation sites excluding steroid dienone is 1. The minimum atomic E-state index is -3.69. The molecule has 0 saturated heterocycles. The number of imidazole rings is 1. The molecule has 1 aliphatic carbocycles. The number of hydrogen-bond acceptors (Lipinski definition) is 10. The average molecular weight is 560 g/mol. The van der Waals surface area contributed by atoms with Crippen LogP contribution in [0.15, 0.2) is 46.9 Å². The Kier molecular flexibility index (Phi) is 8.66. The normalized spacial score (nSPS) is 17.8. The Morgan fingerprint density at radius 3 is 2.69 bits per heavy atom. The van der Waals surface area contributed by atoms with Crippen molar-refractivity contribution in [1.82, 2.24) is 19.5 Å². The number of ether oxygens (including phenoxy) is 3. The molecule has 39 heavy (non-hydrogen) atoms. The van der Waals surface area contributed by atoms with E-state index in [9.17, 15) is 9.36 Å². The fraction of sp³-hybridized carbons (Fsp3) is 0.500. The van der Waals surface area contributed by atoms with Crippen LogP contribution in [-0.2, 0) is 41.0 Å². The Morgan fingerprint density at radius 2 is 1.90 bits per heavy atom. The lowest BCUT2D eigenvalue weighted by Crippen LogP contribution is -2.14. The van der Waals surface area contributed by atoms with Gasteiger partial charge in [-0.3, -0.25) is 18.9 Å². The molecule has 1 fully saturated rings. The predicted octanol–water partition coefficient (Wildman–Crippen LogP) is 4.21. The van der Waals surface area contributed by atoms with E-state index in [0.717, 1.165) is 42.6 Å². The van der Waals surface area contributed by atoms with Gasteiger partial charge < -0.3 is 29.0 Å². The minimum absolute atomic E-state index is 0.00223. The van der Waals surface area contributed by atoms with E-state index in [2.05, 4.69) is 15.0 Å². The third-order valence-electron chi connectivity index (χ3n) is 6.86. The van der Waals surface area contributed by atoms with Crippen molar-refractivity contribution in [3.05, 3.63) is 63.6 Å². The number of benzene rings is 1. The number of nitrogens with zero attached hydrogens (tertiary/aromatic N) is 3. The number of aromatic nitrogens is 4. The number of fused-ring (bicyclic) bond motifs is 1. The van der Waals surface area contributed by atoms with Crippen LogP contribution in [0.25, 0.3) is 11.2 Å². The van der Waals surface area contributed by atoms with E-state index in [0.29, 0.717) is 23.9 Å². The quantitative estimate of drug-likeness (QED) is 0.244. The summed E-state index contributed by atoms with van der Waals surface area (Å²) in [5.41, 5.74) is 7.76. The van der Waals surface area contributed by atoms with Crippen LogP contribution in [0.2, 0.25) is 0 Å². The van der Waals surface area contributed by atoms with Crippen molar-refractivity contribution in [2.45, 2.75) is 52.2 Å². The molecule has 13 heteroatoms. The van der Waals surface area contributed by atoms with Gasteiger partial charge in [0, 0.05) is 12.5 Å². The summed E-state index contributed by atoms with van der Waals surface area (Å²) in [6.07, 6.45) is 6.83. The van der Waals surface area contributed by atoms with Gasteiger partial charge in [0.15, 0.2) is 16.9 Å². The monoisotopic (exact) mass is 559 g/mol. The molecule has 5 rings (SSSR count). The molecule has 3 aromatic rings. The van der Waals surface area contributed by atoms with E-state index in [1.807, 2.05) is 31.2 Å². The predicted molar refractivity (Wildman–Crippen MR) is 144 cm³/mol. The lowest BCUT2D eigenvalue weighted by molar-refractivity contribution is 0.0518. The van der Waals surface area contributed by atoms with Crippen LogP contribution in [0, 0.1) is 12.8 Å². The van der Waals surface area contributed by atoms with Crippen molar-refractivity contribution in [2.75, 3.05) is 32.1 Å². The van der Waals surface area contributed by atoms with E-state index in [1.54, 1.807) is 4.57 Å². The topological polar surface area (TPSA) is 153 Å². The molecule has 2 aromatic heterocycles. The average Bonchev–Trinajstić information content (AvgIpc) is 3.58. The van der Waals surface area contributed by atoms with Crippen molar-refractivity contribution < 1.29 is 27.8 Å². The van der Waals surface area contributed by atoms with Crippen LogP contribution >= 0.6 is 7.60 Å². The summed E-state index contributed by atoms with van der Waals surface area (Å²) in [6, 6.07) is 7.77. The zero-order valence-corrected chi connectivity index (χ0v) is 22.9.